The molecule has 3 heteroatoms. The predicted octanol–water partition coefficient (Wildman–Crippen LogP) is 2.92. The third-order valence-corrected chi connectivity index (χ3v) is 3.83. The van der Waals surface area contributed by atoms with Crippen molar-refractivity contribution in [2.75, 3.05) is 18.0 Å². The molecule has 1 heterocycles. The van der Waals surface area contributed by atoms with Gasteiger partial charge in [-0.25, -0.2) is 0 Å². The largest absolute Gasteiger partial charge is 0.481 e. The Bertz CT molecular complexity index is 603. The maximum absolute atomic E-state index is 10.9. The highest BCUT2D eigenvalue weighted by Gasteiger charge is 2.29. The van der Waals surface area contributed by atoms with Crippen molar-refractivity contribution in [1.29, 1.82) is 0 Å². The highest BCUT2D eigenvalue weighted by molar-refractivity contribution is 5.74. The van der Waals surface area contributed by atoms with E-state index in [0.29, 0.717) is 5.92 Å². The first-order chi connectivity index (χ1) is 9.74. The van der Waals surface area contributed by atoms with Crippen LogP contribution in [0.1, 0.15) is 17.0 Å². The highest BCUT2D eigenvalue weighted by atomic mass is 16.4. The van der Waals surface area contributed by atoms with Gasteiger partial charge in [0.05, 0.1) is 6.42 Å². The van der Waals surface area contributed by atoms with Gasteiger partial charge in [-0.15, -0.1) is 0 Å². The number of rotatable bonds is 4. The second-order valence-electron chi connectivity index (χ2n) is 5.21. The van der Waals surface area contributed by atoms with E-state index in [1.165, 1.54) is 5.56 Å². The molecule has 1 aliphatic heterocycles. The van der Waals surface area contributed by atoms with Gasteiger partial charge in [0, 0.05) is 24.7 Å². The molecule has 2 aromatic rings. The van der Waals surface area contributed by atoms with E-state index < -0.39 is 5.97 Å². The minimum atomic E-state index is -0.780. The first-order valence-electron chi connectivity index (χ1n) is 6.83. The summed E-state index contributed by atoms with van der Waals surface area (Å²) in [6, 6.07) is 18.3. The van der Waals surface area contributed by atoms with Gasteiger partial charge in [0.2, 0.25) is 0 Å². The lowest BCUT2D eigenvalue weighted by Crippen LogP contribution is -2.45. The number of aliphatic carboxylic acids is 1. The fourth-order valence-corrected chi connectivity index (χ4v) is 2.74. The summed E-state index contributed by atoms with van der Waals surface area (Å²) in [5.41, 5.74) is 3.31. The van der Waals surface area contributed by atoms with E-state index >= 15 is 0 Å². The zero-order valence-corrected chi connectivity index (χ0v) is 11.2. The molecule has 3 nitrogen and oxygen atoms in total. The van der Waals surface area contributed by atoms with Crippen LogP contribution in [0.25, 0.3) is 0 Å². The average Bonchev–Trinajstić information content (AvgIpc) is 2.40. The van der Waals surface area contributed by atoms with E-state index in [2.05, 4.69) is 29.2 Å². The third kappa shape index (κ3) is 2.52. The number of carboxylic acids is 1. The Morgan fingerprint density at radius 3 is 2.40 bits per heavy atom. The summed E-state index contributed by atoms with van der Waals surface area (Å²) < 4.78 is 0. The minimum Gasteiger partial charge on any atom is -0.481 e. The monoisotopic (exact) mass is 267 g/mol. The lowest BCUT2D eigenvalue weighted by atomic mass is 9.90. The molecule has 1 saturated heterocycles. The Hall–Kier alpha value is -2.29. The lowest BCUT2D eigenvalue weighted by molar-refractivity contribution is -0.136. The third-order valence-electron chi connectivity index (χ3n) is 3.83. The first kappa shape index (κ1) is 12.7. The Morgan fingerprint density at radius 2 is 1.70 bits per heavy atom. The van der Waals surface area contributed by atoms with E-state index in [-0.39, 0.29) is 6.42 Å². The zero-order chi connectivity index (χ0) is 13.9. The minimum absolute atomic E-state index is 0.0860. The van der Waals surface area contributed by atoms with E-state index in [9.17, 15) is 4.79 Å². The number of nitrogens with zero attached hydrogens (tertiary/aromatic N) is 1. The van der Waals surface area contributed by atoms with Crippen LogP contribution in [-0.4, -0.2) is 24.2 Å². The van der Waals surface area contributed by atoms with E-state index in [4.69, 9.17) is 5.11 Å². The Kier molecular flexibility index (Phi) is 3.42. The van der Waals surface area contributed by atoms with Gasteiger partial charge in [0.25, 0.3) is 0 Å². The van der Waals surface area contributed by atoms with Crippen LogP contribution in [0.3, 0.4) is 0 Å². The van der Waals surface area contributed by atoms with Crippen molar-refractivity contribution < 1.29 is 9.90 Å². The summed E-state index contributed by atoms with van der Waals surface area (Å²) in [5.74, 6) is -0.230. The molecule has 0 bridgehead atoms. The number of carboxylic acid groups (broad SMARTS) is 1. The Morgan fingerprint density at radius 1 is 1.05 bits per heavy atom. The van der Waals surface area contributed by atoms with Gasteiger partial charge in [-0.2, -0.15) is 0 Å². The van der Waals surface area contributed by atoms with E-state index in [1.807, 2.05) is 30.3 Å². The van der Waals surface area contributed by atoms with Crippen LogP contribution in [0.2, 0.25) is 0 Å². The van der Waals surface area contributed by atoms with Crippen molar-refractivity contribution >= 4 is 11.7 Å². The van der Waals surface area contributed by atoms with Crippen molar-refractivity contribution in [3.05, 3.63) is 65.7 Å². The van der Waals surface area contributed by atoms with Gasteiger partial charge in [0.15, 0.2) is 0 Å². The molecule has 0 aliphatic carbocycles. The molecule has 0 saturated carbocycles. The average molecular weight is 267 g/mol. The molecule has 1 fully saturated rings. The van der Waals surface area contributed by atoms with Crippen molar-refractivity contribution in [2.45, 2.75) is 12.3 Å². The number of hydrogen-bond donors (Lipinski definition) is 1. The van der Waals surface area contributed by atoms with E-state index in [0.717, 1.165) is 24.3 Å². The number of para-hydroxylation sites is 1. The molecule has 1 aliphatic rings. The molecule has 102 valence electrons. The van der Waals surface area contributed by atoms with Crippen LogP contribution in [0.4, 0.5) is 5.69 Å². The maximum atomic E-state index is 10.9. The predicted molar refractivity (Wildman–Crippen MR) is 79.2 cm³/mol. The van der Waals surface area contributed by atoms with Crippen LogP contribution < -0.4 is 4.90 Å². The quantitative estimate of drug-likeness (QED) is 0.926. The molecule has 0 unspecified atom stereocenters. The van der Waals surface area contributed by atoms with Crippen LogP contribution >= 0.6 is 0 Å². The van der Waals surface area contributed by atoms with Crippen molar-refractivity contribution in [3.63, 3.8) is 0 Å². The number of carbonyl (C=O) groups is 1. The maximum Gasteiger partial charge on any atom is 0.307 e. The summed E-state index contributed by atoms with van der Waals surface area (Å²) >= 11 is 0. The smallest absolute Gasteiger partial charge is 0.307 e. The molecule has 2 aromatic carbocycles. The van der Waals surface area contributed by atoms with Gasteiger partial charge in [0.1, 0.15) is 0 Å². The molecule has 0 radical (unpaired) electrons. The topological polar surface area (TPSA) is 40.5 Å². The molecule has 0 amide bonds. The van der Waals surface area contributed by atoms with Crippen molar-refractivity contribution in [2.24, 2.45) is 0 Å². The number of hydrogen-bond acceptors (Lipinski definition) is 2. The second kappa shape index (κ2) is 5.37. The van der Waals surface area contributed by atoms with Crippen LogP contribution in [-0.2, 0) is 11.2 Å². The highest BCUT2D eigenvalue weighted by Crippen LogP contribution is 2.33. The second-order valence-corrected chi connectivity index (χ2v) is 5.21. The zero-order valence-electron chi connectivity index (χ0n) is 11.2. The van der Waals surface area contributed by atoms with Gasteiger partial charge in [-0.05, 0) is 17.2 Å². The molecule has 20 heavy (non-hydrogen) atoms. The van der Waals surface area contributed by atoms with Crippen LogP contribution in [0.5, 0.6) is 0 Å². The summed E-state index contributed by atoms with van der Waals surface area (Å²) in [5, 5.41) is 8.98. The Balaban J connectivity index is 1.72. The molecule has 0 aromatic heterocycles. The van der Waals surface area contributed by atoms with Crippen LogP contribution in [0, 0.1) is 0 Å². The summed E-state index contributed by atoms with van der Waals surface area (Å²) in [6.07, 6.45) is 0.0860. The fourth-order valence-electron chi connectivity index (χ4n) is 2.74. The summed E-state index contributed by atoms with van der Waals surface area (Å²) in [7, 11) is 0. The van der Waals surface area contributed by atoms with Gasteiger partial charge < -0.3 is 10.0 Å². The molecular weight excluding hydrogens is 250 g/mol. The standard InChI is InChI=1S/C17H17NO2/c19-17(20)10-14-8-4-5-9-16(14)18-11-15(12-18)13-6-2-1-3-7-13/h1-9,15H,10-12H2,(H,19,20). The molecule has 3 rings (SSSR count). The van der Waals surface area contributed by atoms with E-state index in [1.54, 1.807) is 0 Å². The van der Waals surface area contributed by atoms with Crippen molar-refractivity contribution in [1.82, 2.24) is 0 Å². The molecule has 0 spiro atoms. The Labute approximate surface area is 118 Å². The number of anilines is 1. The van der Waals surface area contributed by atoms with Crippen molar-refractivity contribution in [3.8, 4) is 0 Å². The summed E-state index contributed by atoms with van der Waals surface area (Å²) in [6.45, 7) is 1.92. The summed E-state index contributed by atoms with van der Waals surface area (Å²) in [4.78, 5) is 13.2. The SMILES string of the molecule is O=C(O)Cc1ccccc1N1CC(c2ccccc2)C1. The molecule has 0 atom stereocenters. The van der Waals surface area contributed by atoms with Crippen LogP contribution in [0.15, 0.2) is 54.6 Å². The molecular formula is C17H17NO2. The van der Waals surface area contributed by atoms with Gasteiger partial charge in [-0.3, -0.25) is 4.79 Å². The lowest BCUT2D eigenvalue weighted by Gasteiger charge is -2.42. The van der Waals surface area contributed by atoms with Gasteiger partial charge >= 0.3 is 5.97 Å². The molecule has 1 N–H and O–H groups in total. The fraction of sp³-hybridized carbons (Fsp3) is 0.235. The number of benzene rings is 2. The first-order valence-corrected chi connectivity index (χ1v) is 6.83. The van der Waals surface area contributed by atoms with Gasteiger partial charge in [-0.1, -0.05) is 48.5 Å². The normalized spacial score (nSPS) is 14.9.